The lowest BCUT2D eigenvalue weighted by molar-refractivity contribution is -0.188. The molecule has 10 heteroatoms. The molecule has 2 saturated heterocycles. The van der Waals surface area contributed by atoms with Crippen molar-refractivity contribution in [3.63, 3.8) is 0 Å². The molecule has 2 unspecified atom stereocenters. The van der Waals surface area contributed by atoms with Crippen molar-refractivity contribution >= 4 is 17.3 Å². The largest absolute Gasteiger partial charge is 0.492 e. The van der Waals surface area contributed by atoms with Gasteiger partial charge in [-0.1, -0.05) is 35.9 Å². The van der Waals surface area contributed by atoms with Crippen LogP contribution in [0, 0.1) is 0 Å². The minimum Gasteiger partial charge on any atom is -0.492 e. The molecule has 5 rings (SSSR count). The Kier molecular flexibility index (Phi) is 10.2. The van der Waals surface area contributed by atoms with Gasteiger partial charge in [-0.2, -0.15) is 5.10 Å². The molecule has 2 aliphatic rings. The van der Waals surface area contributed by atoms with Gasteiger partial charge in [0.15, 0.2) is 12.1 Å². The summed E-state index contributed by atoms with van der Waals surface area (Å²) in [6, 6.07) is 17.7. The molecule has 3 heterocycles. The fraction of sp³-hybridized carbons (Fsp3) is 0.533. The smallest absolute Gasteiger partial charge is 0.346 e. The van der Waals surface area contributed by atoms with Crippen molar-refractivity contribution in [1.29, 1.82) is 0 Å². The third-order valence-corrected chi connectivity index (χ3v) is 7.76. The average molecular weight is 570 g/mol. The van der Waals surface area contributed by atoms with Gasteiger partial charge in [0.05, 0.1) is 6.54 Å². The van der Waals surface area contributed by atoms with Crippen LogP contribution in [0.1, 0.15) is 44.5 Å². The number of piperazine rings is 1. The van der Waals surface area contributed by atoms with Crippen LogP contribution >= 0.6 is 11.6 Å². The van der Waals surface area contributed by atoms with Gasteiger partial charge in [-0.3, -0.25) is 9.47 Å². The van der Waals surface area contributed by atoms with Crippen LogP contribution in [0.25, 0.3) is 0 Å². The molecular weight excluding hydrogens is 530 g/mol. The Morgan fingerprint density at radius 1 is 1.02 bits per heavy atom. The summed E-state index contributed by atoms with van der Waals surface area (Å²) in [5.74, 6) is 1.39. The number of para-hydroxylation sites is 1. The summed E-state index contributed by atoms with van der Waals surface area (Å²) < 4.78 is 21.1. The van der Waals surface area contributed by atoms with Crippen molar-refractivity contribution in [2.45, 2.75) is 58.1 Å². The van der Waals surface area contributed by atoms with Gasteiger partial charge >= 0.3 is 5.69 Å². The van der Waals surface area contributed by atoms with E-state index in [4.69, 9.17) is 30.9 Å². The molecule has 0 saturated carbocycles. The Bertz CT molecular complexity index is 1250. The predicted octanol–water partition coefficient (Wildman–Crippen LogP) is 4.59. The highest BCUT2D eigenvalue weighted by Gasteiger charge is 2.24. The monoisotopic (exact) mass is 569 g/mol. The molecule has 2 aliphatic heterocycles. The number of rotatable bonds is 12. The maximum atomic E-state index is 13.4. The summed E-state index contributed by atoms with van der Waals surface area (Å²) in [7, 11) is 0. The first-order chi connectivity index (χ1) is 19.6. The number of nitrogens with zero attached hydrogens (tertiary/aromatic N) is 5. The van der Waals surface area contributed by atoms with E-state index in [0.717, 1.165) is 69.2 Å². The fourth-order valence-electron chi connectivity index (χ4n) is 5.34. The Hall–Kier alpha value is -2.85. The number of aryl methyl sites for hydroxylation is 1. The first-order valence-corrected chi connectivity index (χ1v) is 14.8. The van der Waals surface area contributed by atoms with Crippen LogP contribution in [0.3, 0.4) is 0 Å². The van der Waals surface area contributed by atoms with Gasteiger partial charge in [0, 0.05) is 56.6 Å². The molecular formula is C30H40ClN5O4. The third kappa shape index (κ3) is 7.66. The summed E-state index contributed by atoms with van der Waals surface area (Å²) in [5, 5.41) is 5.50. The third-order valence-electron chi connectivity index (χ3n) is 7.53. The van der Waals surface area contributed by atoms with Gasteiger partial charge in [0.2, 0.25) is 0 Å². The summed E-state index contributed by atoms with van der Waals surface area (Å²) in [6.07, 6.45) is 3.21. The number of hydrogen-bond donors (Lipinski definition) is 0. The molecule has 0 radical (unpaired) electrons. The highest BCUT2D eigenvalue weighted by atomic mass is 35.5. The zero-order valence-corrected chi connectivity index (χ0v) is 24.0. The van der Waals surface area contributed by atoms with E-state index < -0.39 is 0 Å². The van der Waals surface area contributed by atoms with Crippen LogP contribution < -0.4 is 15.3 Å². The van der Waals surface area contributed by atoms with Crippen LogP contribution in [0.2, 0.25) is 5.02 Å². The zero-order chi connectivity index (χ0) is 27.7. The highest BCUT2D eigenvalue weighted by molar-refractivity contribution is 6.30. The number of benzene rings is 2. The minimum absolute atomic E-state index is 0.127. The van der Waals surface area contributed by atoms with E-state index in [9.17, 15) is 4.79 Å². The normalized spacial score (nSPS) is 19.1. The Labute approximate surface area is 241 Å². The molecule has 2 aromatic carbocycles. The van der Waals surface area contributed by atoms with Crippen LogP contribution in [0.5, 0.6) is 5.75 Å². The number of ether oxygens (including phenoxy) is 3. The maximum Gasteiger partial charge on any atom is 0.346 e. The first kappa shape index (κ1) is 28.7. The van der Waals surface area contributed by atoms with E-state index in [1.807, 2.05) is 55.5 Å². The molecule has 0 N–H and O–H groups in total. The van der Waals surface area contributed by atoms with Crippen LogP contribution in [-0.4, -0.2) is 71.5 Å². The van der Waals surface area contributed by atoms with Crippen molar-refractivity contribution in [3.05, 3.63) is 75.9 Å². The van der Waals surface area contributed by atoms with E-state index in [-0.39, 0.29) is 18.1 Å². The minimum atomic E-state index is -0.367. The van der Waals surface area contributed by atoms with Crippen molar-refractivity contribution in [2.75, 3.05) is 50.8 Å². The van der Waals surface area contributed by atoms with Crippen LogP contribution in [0.4, 0.5) is 5.69 Å². The van der Waals surface area contributed by atoms with E-state index in [1.165, 1.54) is 5.69 Å². The molecule has 0 spiro atoms. The lowest BCUT2D eigenvalue weighted by atomic mass is 10.2. The second kappa shape index (κ2) is 14.2. The van der Waals surface area contributed by atoms with Gasteiger partial charge in [-0.05, 0) is 62.9 Å². The molecule has 40 heavy (non-hydrogen) atoms. The fourth-order valence-corrected chi connectivity index (χ4v) is 5.52. The molecule has 1 aromatic heterocycles. The number of anilines is 1. The molecule has 2 fully saturated rings. The zero-order valence-electron chi connectivity index (χ0n) is 23.3. The molecule has 0 bridgehead atoms. The van der Waals surface area contributed by atoms with Gasteiger partial charge in [0.1, 0.15) is 18.5 Å². The Balaban J connectivity index is 1.18. The summed E-state index contributed by atoms with van der Waals surface area (Å²) in [5.41, 5.74) is 1.04. The Morgan fingerprint density at radius 2 is 1.85 bits per heavy atom. The first-order valence-electron chi connectivity index (χ1n) is 14.4. The van der Waals surface area contributed by atoms with E-state index in [2.05, 4.69) is 15.9 Å². The molecule has 0 amide bonds. The van der Waals surface area contributed by atoms with Crippen molar-refractivity contribution < 1.29 is 14.2 Å². The van der Waals surface area contributed by atoms with Crippen LogP contribution in [-0.2, 0) is 22.6 Å². The van der Waals surface area contributed by atoms with Crippen molar-refractivity contribution in [2.24, 2.45) is 0 Å². The lowest BCUT2D eigenvalue weighted by Gasteiger charge is -2.36. The van der Waals surface area contributed by atoms with Gasteiger partial charge in [-0.15, -0.1) is 0 Å². The second-order valence-electron chi connectivity index (χ2n) is 10.4. The standard InChI is InChI=1S/C30H40ClN5O4/c1-24(40-28-13-5-6-21-39-28)29-32-36(30(37)35(29)20-22-38-27-11-3-2-4-12-27)15-8-14-33-16-18-34(19-17-33)26-10-7-9-25(31)23-26/h2-4,7,9-12,23-24,28H,5-6,8,13-22H2,1H3. The number of aromatic nitrogens is 3. The van der Waals surface area contributed by atoms with Gasteiger partial charge in [-0.25, -0.2) is 9.48 Å². The van der Waals surface area contributed by atoms with Crippen molar-refractivity contribution in [3.8, 4) is 5.75 Å². The lowest BCUT2D eigenvalue weighted by Crippen LogP contribution is -2.46. The maximum absolute atomic E-state index is 13.4. The van der Waals surface area contributed by atoms with Crippen molar-refractivity contribution in [1.82, 2.24) is 19.2 Å². The van der Waals surface area contributed by atoms with Crippen LogP contribution in [0.15, 0.2) is 59.4 Å². The summed E-state index contributed by atoms with van der Waals surface area (Å²) in [6.45, 7) is 8.75. The molecule has 0 aliphatic carbocycles. The van der Waals surface area contributed by atoms with Gasteiger partial charge in [0.25, 0.3) is 0 Å². The summed E-state index contributed by atoms with van der Waals surface area (Å²) in [4.78, 5) is 18.2. The highest BCUT2D eigenvalue weighted by Crippen LogP contribution is 2.23. The van der Waals surface area contributed by atoms with E-state index in [1.54, 1.807) is 9.25 Å². The molecule has 2 atom stereocenters. The van der Waals surface area contributed by atoms with E-state index >= 15 is 0 Å². The molecule has 9 nitrogen and oxygen atoms in total. The number of hydrogen-bond acceptors (Lipinski definition) is 7. The predicted molar refractivity (Wildman–Crippen MR) is 156 cm³/mol. The summed E-state index contributed by atoms with van der Waals surface area (Å²) >= 11 is 6.18. The molecule has 3 aromatic rings. The SMILES string of the molecule is CC(OC1CCCCO1)c1nn(CCCN2CCN(c3cccc(Cl)c3)CC2)c(=O)n1CCOc1ccccc1. The quantitative estimate of drug-likeness (QED) is 0.316. The second-order valence-corrected chi connectivity index (χ2v) is 10.9. The number of halogens is 1. The molecule has 216 valence electrons. The average Bonchev–Trinajstić information content (AvgIpc) is 3.29. The van der Waals surface area contributed by atoms with Gasteiger partial charge < -0.3 is 19.1 Å². The topological polar surface area (TPSA) is 74.0 Å². The van der Waals surface area contributed by atoms with E-state index in [0.29, 0.717) is 32.1 Å². The Morgan fingerprint density at radius 3 is 2.60 bits per heavy atom.